The van der Waals surface area contributed by atoms with Gasteiger partial charge in [-0.05, 0) is 97.0 Å². The van der Waals surface area contributed by atoms with E-state index in [2.05, 4.69) is 187 Å². The van der Waals surface area contributed by atoms with Crippen molar-refractivity contribution < 1.29 is 4.42 Å². The molecule has 0 amide bonds. The topological polar surface area (TPSA) is 31.0 Å². The second-order valence-corrected chi connectivity index (χ2v) is 15.0. The summed E-state index contributed by atoms with van der Waals surface area (Å²) in [5.41, 5.74) is 12.0. The molecule has 3 nitrogen and oxygen atoms in total. The van der Waals surface area contributed by atoms with Crippen LogP contribution in [-0.2, 0) is 0 Å². The smallest absolute Gasteiger partial charge is 0.227 e. The summed E-state index contributed by atoms with van der Waals surface area (Å²) in [6.07, 6.45) is 0. The number of benzene rings is 10. The third kappa shape index (κ3) is 4.97. The Morgan fingerprint density at radius 1 is 0.397 bits per heavy atom. The van der Waals surface area contributed by atoms with Gasteiger partial charge in [0.25, 0.3) is 0 Å². The zero-order chi connectivity index (χ0) is 38.2. The van der Waals surface area contributed by atoms with E-state index >= 15 is 0 Å². The van der Waals surface area contributed by atoms with Crippen LogP contribution in [-0.4, -0.2) is 9.55 Å². The van der Waals surface area contributed by atoms with Crippen LogP contribution in [0.25, 0.3) is 116 Å². The number of para-hydroxylation sites is 2. The van der Waals surface area contributed by atoms with Crippen LogP contribution >= 0.6 is 0 Å². The van der Waals surface area contributed by atoms with Gasteiger partial charge in [0.05, 0.1) is 11.2 Å². The first-order valence-corrected chi connectivity index (χ1v) is 19.8. The van der Waals surface area contributed by atoms with E-state index in [0.717, 1.165) is 27.9 Å². The van der Waals surface area contributed by atoms with E-state index in [1.165, 1.54) is 81.9 Å². The zero-order valence-electron chi connectivity index (χ0n) is 31.4. The standard InChI is InChI=1S/C55H34N2O/c1-3-16-37(17-4-1)50-52-51-44-23-11-9-21-42(44)46(36-27-29-39(30-28-36)55-56-48-25-13-14-26-49(48)58-55)34-47(51)43-22-10-12-24-45(43)54(52)57(53(50)38-18-5-2-6-19-38)41-32-31-35-15-7-8-20-40(35)33-41/h1-34H. The molecule has 2 heterocycles. The van der Waals surface area contributed by atoms with Crippen LogP contribution in [0.1, 0.15) is 0 Å². The Labute approximate surface area is 334 Å². The Morgan fingerprint density at radius 2 is 1.02 bits per heavy atom. The molecule has 0 N–H and O–H groups in total. The van der Waals surface area contributed by atoms with Crippen LogP contribution in [0.4, 0.5) is 0 Å². The first kappa shape index (κ1) is 32.5. The van der Waals surface area contributed by atoms with Crippen molar-refractivity contribution in [3.05, 3.63) is 206 Å². The van der Waals surface area contributed by atoms with E-state index in [0.29, 0.717) is 5.89 Å². The van der Waals surface area contributed by atoms with Crippen molar-refractivity contribution in [3.63, 3.8) is 0 Å². The number of rotatable bonds is 5. The fraction of sp³-hybridized carbons (Fsp3) is 0. The monoisotopic (exact) mass is 738 g/mol. The average molecular weight is 739 g/mol. The lowest BCUT2D eigenvalue weighted by Crippen LogP contribution is -1.98. The third-order valence-corrected chi connectivity index (χ3v) is 11.8. The van der Waals surface area contributed by atoms with E-state index in [9.17, 15) is 0 Å². The highest BCUT2D eigenvalue weighted by atomic mass is 16.3. The predicted molar refractivity (Wildman–Crippen MR) is 243 cm³/mol. The van der Waals surface area contributed by atoms with Crippen LogP contribution < -0.4 is 0 Å². The van der Waals surface area contributed by atoms with E-state index < -0.39 is 0 Å². The summed E-state index contributed by atoms with van der Waals surface area (Å²) in [5, 5.41) is 11.0. The van der Waals surface area contributed by atoms with Gasteiger partial charge in [0.2, 0.25) is 5.89 Å². The second-order valence-electron chi connectivity index (χ2n) is 15.0. The quantitative estimate of drug-likeness (QED) is 0.165. The van der Waals surface area contributed by atoms with E-state index in [1.54, 1.807) is 0 Å². The van der Waals surface area contributed by atoms with Gasteiger partial charge in [-0.2, -0.15) is 0 Å². The van der Waals surface area contributed by atoms with Crippen molar-refractivity contribution in [2.75, 3.05) is 0 Å². The summed E-state index contributed by atoms with van der Waals surface area (Å²) in [7, 11) is 0. The second kappa shape index (κ2) is 12.9. The molecule has 12 aromatic rings. The summed E-state index contributed by atoms with van der Waals surface area (Å²) >= 11 is 0. The summed E-state index contributed by atoms with van der Waals surface area (Å²) < 4.78 is 8.68. The Bertz CT molecular complexity index is 3510. The first-order valence-electron chi connectivity index (χ1n) is 19.8. The summed E-state index contributed by atoms with van der Waals surface area (Å²) in [6.45, 7) is 0. The molecule has 0 saturated heterocycles. The molecule has 0 aliphatic carbocycles. The molecule has 0 aliphatic heterocycles. The van der Waals surface area contributed by atoms with Gasteiger partial charge < -0.3 is 8.98 Å². The lowest BCUT2D eigenvalue weighted by Gasteiger charge is -2.17. The van der Waals surface area contributed by atoms with Gasteiger partial charge in [-0.25, -0.2) is 4.98 Å². The van der Waals surface area contributed by atoms with Crippen molar-refractivity contribution in [2.24, 2.45) is 0 Å². The van der Waals surface area contributed by atoms with Gasteiger partial charge in [0, 0.05) is 33.0 Å². The minimum absolute atomic E-state index is 0.628. The number of hydrogen-bond acceptors (Lipinski definition) is 2. The van der Waals surface area contributed by atoms with Gasteiger partial charge in [0.15, 0.2) is 5.58 Å². The molecule has 3 heteroatoms. The van der Waals surface area contributed by atoms with Gasteiger partial charge >= 0.3 is 0 Å². The molecule has 58 heavy (non-hydrogen) atoms. The number of aromatic nitrogens is 2. The molecule has 270 valence electrons. The lowest BCUT2D eigenvalue weighted by molar-refractivity contribution is 0.620. The summed E-state index contributed by atoms with van der Waals surface area (Å²) in [5.74, 6) is 0.628. The van der Waals surface area contributed by atoms with Gasteiger partial charge in [0.1, 0.15) is 5.52 Å². The highest BCUT2D eigenvalue weighted by Gasteiger charge is 2.27. The van der Waals surface area contributed by atoms with Crippen LogP contribution in [0.2, 0.25) is 0 Å². The minimum atomic E-state index is 0.628. The number of oxazole rings is 1. The van der Waals surface area contributed by atoms with Gasteiger partial charge in [-0.15, -0.1) is 0 Å². The molecule has 0 spiro atoms. The molecule has 0 radical (unpaired) electrons. The van der Waals surface area contributed by atoms with Crippen molar-refractivity contribution in [2.45, 2.75) is 0 Å². The molecule has 0 atom stereocenters. The maximum absolute atomic E-state index is 6.15. The SMILES string of the molecule is c1ccc(-c2c(-c3ccccc3)n(-c3ccc4ccccc4c3)c3c4ccccc4c4cc(-c5ccc(-c6nc7ccccc7o6)cc5)c5ccccc5c4c23)cc1. The molecule has 10 aromatic carbocycles. The van der Waals surface area contributed by atoms with E-state index in [1.807, 2.05) is 24.3 Å². The molecule has 0 fully saturated rings. The number of fused-ring (bicyclic) bond motifs is 10. The van der Waals surface area contributed by atoms with Crippen LogP contribution in [0, 0.1) is 0 Å². The summed E-state index contributed by atoms with van der Waals surface area (Å²) in [4.78, 5) is 4.77. The minimum Gasteiger partial charge on any atom is -0.436 e. The number of hydrogen-bond donors (Lipinski definition) is 0. The first-order chi connectivity index (χ1) is 28.8. The maximum atomic E-state index is 6.15. The van der Waals surface area contributed by atoms with E-state index in [-0.39, 0.29) is 0 Å². The molecule has 0 saturated carbocycles. The normalized spacial score (nSPS) is 11.8. The molecular weight excluding hydrogens is 705 g/mol. The van der Waals surface area contributed by atoms with Gasteiger partial charge in [-0.1, -0.05) is 164 Å². The molecule has 0 bridgehead atoms. The highest BCUT2D eigenvalue weighted by Crippen LogP contribution is 2.51. The fourth-order valence-electron chi connectivity index (χ4n) is 9.21. The van der Waals surface area contributed by atoms with Crippen molar-refractivity contribution in [1.29, 1.82) is 0 Å². The summed E-state index contributed by atoms with van der Waals surface area (Å²) in [6, 6.07) is 74.3. The Balaban J connectivity index is 1.22. The molecule has 12 rings (SSSR count). The van der Waals surface area contributed by atoms with Crippen LogP contribution in [0.15, 0.2) is 211 Å². The Morgan fingerprint density at radius 3 is 1.79 bits per heavy atom. The maximum Gasteiger partial charge on any atom is 0.227 e. The van der Waals surface area contributed by atoms with Crippen molar-refractivity contribution in [1.82, 2.24) is 9.55 Å². The Hall–Kier alpha value is -7.75. The Kier molecular flexibility index (Phi) is 7.23. The van der Waals surface area contributed by atoms with Crippen LogP contribution in [0.5, 0.6) is 0 Å². The number of nitrogens with zero attached hydrogens (tertiary/aromatic N) is 2. The molecule has 0 unspecified atom stereocenters. The predicted octanol–water partition coefficient (Wildman–Crippen LogP) is 15.1. The van der Waals surface area contributed by atoms with Crippen LogP contribution in [0.3, 0.4) is 0 Å². The van der Waals surface area contributed by atoms with Crippen molar-refractivity contribution >= 4 is 65.1 Å². The molecule has 2 aromatic heterocycles. The molecule has 0 aliphatic rings. The third-order valence-electron chi connectivity index (χ3n) is 11.8. The van der Waals surface area contributed by atoms with Crippen molar-refractivity contribution in [3.8, 4) is 50.7 Å². The fourth-order valence-corrected chi connectivity index (χ4v) is 9.21. The molecular formula is C55H34N2O. The average Bonchev–Trinajstić information content (AvgIpc) is 3.90. The largest absolute Gasteiger partial charge is 0.436 e. The lowest BCUT2D eigenvalue weighted by atomic mass is 9.87. The highest BCUT2D eigenvalue weighted by molar-refractivity contribution is 6.36. The van der Waals surface area contributed by atoms with E-state index in [4.69, 9.17) is 9.40 Å². The van der Waals surface area contributed by atoms with Gasteiger partial charge in [-0.3, -0.25) is 0 Å². The zero-order valence-corrected chi connectivity index (χ0v) is 31.4.